The molecule has 1 aromatic carbocycles. The van der Waals surface area contributed by atoms with Gasteiger partial charge in [-0.3, -0.25) is 14.4 Å². The summed E-state index contributed by atoms with van der Waals surface area (Å²) in [4.78, 5) is 35.8. The summed E-state index contributed by atoms with van der Waals surface area (Å²) in [6.07, 6.45) is 0.284. The van der Waals surface area contributed by atoms with Crippen molar-refractivity contribution in [3.63, 3.8) is 0 Å². The summed E-state index contributed by atoms with van der Waals surface area (Å²) in [6, 6.07) is 9.26. The van der Waals surface area contributed by atoms with E-state index in [1.165, 1.54) is 14.2 Å². The lowest BCUT2D eigenvalue weighted by atomic mass is 9.99. The molecule has 1 aliphatic heterocycles. The molecule has 1 heterocycles. The van der Waals surface area contributed by atoms with Crippen molar-refractivity contribution < 1.29 is 28.6 Å². The highest BCUT2D eigenvalue weighted by molar-refractivity contribution is 8.03. The van der Waals surface area contributed by atoms with Gasteiger partial charge in [0, 0.05) is 6.42 Å². The van der Waals surface area contributed by atoms with Crippen LogP contribution in [0.4, 0.5) is 0 Å². The molecule has 0 amide bonds. The fourth-order valence-corrected chi connectivity index (χ4v) is 3.57. The number of rotatable bonds is 4. The molecule has 1 saturated heterocycles. The van der Waals surface area contributed by atoms with Gasteiger partial charge in [-0.05, 0) is 5.56 Å². The molecule has 22 heavy (non-hydrogen) atoms. The highest BCUT2D eigenvalue weighted by Gasteiger charge is 2.52. The molecule has 0 saturated carbocycles. The van der Waals surface area contributed by atoms with Crippen LogP contribution < -0.4 is 0 Å². The summed E-state index contributed by atoms with van der Waals surface area (Å²) in [5.74, 6) is -1.98. The van der Waals surface area contributed by atoms with Crippen LogP contribution in [0.15, 0.2) is 30.3 Å². The molecule has 1 aliphatic rings. The topological polar surface area (TPSA) is 78.9 Å². The third-order valence-electron chi connectivity index (χ3n) is 3.31. The number of esters is 3. The third-order valence-corrected chi connectivity index (χ3v) is 4.81. The van der Waals surface area contributed by atoms with E-state index in [-0.39, 0.29) is 13.0 Å². The molecule has 0 radical (unpaired) electrons. The molecule has 0 aromatic heterocycles. The molecule has 118 valence electrons. The molecular formula is C15H16O6S. The highest BCUT2D eigenvalue weighted by Crippen LogP contribution is 2.39. The Morgan fingerprint density at radius 1 is 1.27 bits per heavy atom. The Bertz CT molecular complexity index is 565. The maximum atomic E-state index is 12.3. The number of hydrogen-bond donors (Lipinski definition) is 0. The standard InChI is InChI=1S/C15H16O6S/c1-19-12(16)11-13(17)21-9-15(22-11,14(18)20-2)8-10-6-4-3-5-7-10/h3-7,11H,8-9H2,1-2H3. The molecule has 2 atom stereocenters. The Hall–Kier alpha value is -2.02. The smallest absolute Gasteiger partial charge is 0.330 e. The van der Waals surface area contributed by atoms with Crippen molar-refractivity contribution in [1.29, 1.82) is 0 Å². The van der Waals surface area contributed by atoms with Gasteiger partial charge in [0.25, 0.3) is 0 Å². The number of thioether (sulfide) groups is 1. The van der Waals surface area contributed by atoms with E-state index in [9.17, 15) is 14.4 Å². The monoisotopic (exact) mass is 324 g/mol. The van der Waals surface area contributed by atoms with E-state index in [2.05, 4.69) is 4.74 Å². The second-order valence-corrected chi connectivity index (χ2v) is 6.27. The van der Waals surface area contributed by atoms with Crippen LogP contribution in [0.25, 0.3) is 0 Å². The number of carbonyl (C=O) groups is 3. The van der Waals surface area contributed by atoms with Crippen LogP contribution in [-0.2, 0) is 35.0 Å². The Kier molecular flexibility index (Phi) is 5.07. The minimum absolute atomic E-state index is 0.147. The second-order valence-electron chi connectivity index (χ2n) is 4.78. The molecule has 0 N–H and O–H groups in total. The summed E-state index contributed by atoms with van der Waals surface area (Å²) in [6.45, 7) is -0.147. The van der Waals surface area contributed by atoms with E-state index in [1.807, 2.05) is 30.3 Å². The number of benzene rings is 1. The number of cyclic esters (lactones) is 1. The first-order chi connectivity index (χ1) is 10.5. The normalized spacial score (nSPS) is 24.3. The van der Waals surface area contributed by atoms with Crippen LogP contribution in [0.5, 0.6) is 0 Å². The lowest BCUT2D eigenvalue weighted by Gasteiger charge is -2.35. The van der Waals surface area contributed by atoms with Gasteiger partial charge < -0.3 is 14.2 Å². The van der Waals surface area contributed by atoms with E-state index in [0.29, 0.717) is 0 Å². The van der Waals surface area contributed by atoms with E-state index < -0.39 is 27.9 Å². The van der Waals surface area contributed by atoms with E-state index in [1.54, 1.807) is 0 Å². The van der Waals surface area contributed by atoms with Crippen molar-refractivity contribution in [2.24, 2.45) is 0 Å². The summed E-state index contributed by atoms with van der Waals surface area (Å²) in [5.41, 5.74) is 0.877. The Morgan fingerprint density at radius 2 is 1.95 bits per heavy atom. The average Bonchev–Trinajstić information content (AvgIpc) is 2.56. The fourth-order valence-electron chi connectivity index (χ4n) is 2.21. The van der Waals surface area contributed by atoms with Crippen molar-refractivity contribution in [3.05, 3.63) is 35.9 Å². The Labute approximate surface area is 132 Å². The summed E-state index contributed by atoms with van der Waals surface area (Å²) >= 11 is 0.924. The highest BCUT2D eigenvalue weighted by atomic mass is 32.2. The van der Waals surface area contributed by atoms with Gasteiger partial charge in [0.05, 0.1) is 14.2 Å². The lowest BCUT2D eigenvalue weighted by molar-refractivity contribution is -0.156. The SMILES string of the molecule is COC(=O)C1SC(Cc2ccccc2)(C(=O)OC)COC1=O. The molecule has 6 nitrogen and oxygen atoms in total. The fraction of sp³-hybridized carbons (Fsp3) is 0.400. The predicted octanol–water partition coefficient (Wildman–Crippen LogP) is 0.972. The van der Waals surface area contributed by atoms with E-state index >= 15 is 0 Å². The number of ether oxygens (including phenoxy) is 3. The van der Waals surface area contributed by atoms with Crippen LogP contribution in [0.2, 0.25) is 0 Å². The molecule has 2 unspecified atom stereocenters. The first kappa shape index (κ1) is 16.4. The van der Waals surface area contributed by atoms with Crippen molar-refractivity contribution in [1.82, 2.24) is 0 Å². The molecule has 0 aliphatic carbocycles. The quantitative estimate of drug-likeness (QED) is 0.464. The van der Waals surface area contributed by atoms with Crippen LogP contribution in [0.1, 0.15) is 5.56 Å². The average molecular weight is 324 g/mol. The van der Waals surface area contributed by atoms with Crippen molar-refractivity contribution in [3.8, 4) is 0 Å². The molecule has 7 heteroatoms. The molecule has 0 bridgehead atoms. The minimum Gasteiger partial charge on any atom is -0.468 e. The van der Waals surface area contributed by atoms with Crippen molar-refractivity contribution in [2.75, 3.05) is 20.8 Å². The van der Waals surface area contributed by atoms with Gasteiger partial charge in [0.2, 0.25) is 5.25 Å². The van der Waals surface area contributed by atoms with Gasteiger partial charge in [-0.1, -0.05) is 30.3 Å². The second kappa shape index (κ2) is 6.83. The first-order valence-electron chi connectivity index (χ1n) is 6.57. The van der Waals surface area contributed by atoms with Crippen LogP contribution in [-0.4, -0.2) is 48.7 Å². The first-order valence-corrected chi connectivity index (χ1v) is 7.45. The Morgan fingerprint density at radius 3 is 2.55 bits per heavy atom. The minimum atomic E-state index is -1.19. The third kappa shape index (κ3) is 3.24. The number of hydrogen-bond acceptors (Lipinski definition) is 7. The summed E-state index contributed by atoms with van der Waals surface area (Å²) in [5, 5.41) is -1.19. The van der Waals surface area contributed by atoms with Gasteiger partial charge in [0.1, 0.15) is 6.61 Å². The molecule has 2 rings (SSSR count). The van der Waals surface area contributed by atoms with Gasteiger partial charge >= 0.3 is 17.9 Å². The van der Waals surface area contributed by atoms with E-state index in [0.717, 1.165) is 17.3 Å². The van der Waals surface area contributed by atoms with Gasteiger partial charge in [-0.2, -0.15) is 0 Å². The Balaban J connectivity index is 2.31. The maximum Gasteiger partial charge on any atom is 0.330 e. The van der Waals surface area contributed by atoms with Gasteiger partial charge in [-0.15, -0.1) is 11.8 Å². The van der Waals surface area contributed by atoms with Crippen LogP contribution in [0.3, 0.4) is 0 Å². The molecule has 0 spiro atoms. The summed E-state index contributed by atoms with van der Waals surface area (Å²) in [7, 11) is 2.45. The largest absolute Gasteiger partial charge is 0.468 e. The molecule has 1 aromatic rings. The van der Waals surface area contributed by atoms with Crippen LogP contribution >= 0.6 is 11.8 Å². The van der Waals surface area contributed by atoms with E-state index in [4.69, 9.17) is 9.47 Å². The zero-order valence-electron chi connectivity index (χ0n) is 12.2. The van der Waals surface area contributed by atoms with Gasteiger partial charge in [0.15, 0.2) is 4.75 Å². The lowest BCUT2D eigenvalue weighted by Crippen LogP contribution is -2.52. The predicted molar refractivity (Wildman–Crippen MR) is 79.2 cm³/mol. The molecular weight excluding hydrogens is 308 g/mol. The zero-order chi connectivity index (χ0) is 16.2. The van der Waals surface area contributed by atoms with Crippen LogP contribution in [0, 0.1) is 0 Å². The van der Waals surface area contributed by atoms with Gasteiger partial charge in [-0.25, -0.2) is 0 Å². The zero-order valence-corrected chi connectivity index (χ0v) is 13.1. The van der Waals surface area contributed by atoms with Crippen molar-refractivity contribution in [2.45, 2.75) is 16.4 Å². The van der Waals surface area contributed by atoms with Crippen molar-refractivity contribution >= 4 is 29.7 Å². The molecule has 1 fully saturated rings. The number of carbonyl (C=O) groups excluding carboxylic acids is 3. The maximum absolute atomic E-state index is 12.3. The summed E-state index contributed by atoms with van der Waals surface area (Å²) < 4.78 is 13.4. The number of methoxy groups -OCH3 is 2.